The maximum atomic E-state index is 4.81. The Balaban J connectivity index is 1.95. The number of rotatable bonds is 2. The Bertz CT molecular complexity index is 817. The van der Waals surface area contributed by atoms with Gasteiger partial charge in [0, 0.05) is 30.0 Å². The van der Waals surface area contributed by atoms with E-state index in [-0.39, 0.29) is 0 Å². The molecule has 106 valence electrons. The zero-order valence-electron chi connectivity index (χ0n) is 12.3. The standard InChI is InChI=1S/C17H18N4/c1-11(2)21-16-6-7-18-10-15(16)20-17(21)13-3-4-14-12(9-13)5-8-19-14/h3-4,6-7,9-11,19H,5,8H2,1-2H3. The number of nitrogens with one attached hydrogen (secondary N) is 1. The van der Waals surface area contributed by atoms with E-state index in [1.807, 2.05) is 18.5 Å². The van der Waals surface area contributed by atoms with Gasteiger partial charge >= 0.3 is 0 Å². The highest BCUT2D eigenvalue weighted by Gasteiger charge is 2.17. The Morgan fingerprint density at radius 1 is 1.24 bits per heavy atom. The minimum atomic E-state index is 0.360. The summed E-state index contributed by atoms with van der Waals surface area (Å²) >= 11 is 0. The lowest BCUT2D eigenvalue weighted by Crippen LogP contribution is -2.03. The molecule has 0 unspecified atom stereocenters. The van der Waals surface area contributed by atoms with Gasteiger partial charge in [-0.3, -0.25) is 4.98 Å². The number of pyridine rings is 1. The van der Waals surface area contributed by atoms with Crippen LogP contribution in [0, 0.1) is 0 Å². The van der Waals surface area contributed by atoms with Crippen molar-refractivity contribution in [1.29, 1.82) is 0 Å². The van der Waals surface area contributed by atoms with Gasteiger partial charge in [-0.25, -0.2) is 4.98 Å². The minimum absolute atomic E-state index is 0.360. The minimum Gasteiger partial charge on any atom is -0.384 e. The lowest BCUT2D eigenvalue weighted by Gasteiger charge is -2.13. The van der Waals surface area contributed by atoms with Gasteiger partial charge in [0.2, 0.25) is 0 Å². The van der Waals surface area contributed by atoms with Crippen LogP contribution in [0.4, 0.5) is 5.69 Å². The molecule has 0 bridgehead atoms. The molecule has 1 aliphatic heterocycles. The first-order valence-electron chi connectivity index (χ1n) is 7.43. The van der Waals surface area contributed by atoms with Gasteiger partial charge in [0.15, 0.2) is 0 Å². The fourth-order valence-electron chi connectivity index (χ4n) is 3.12. The van der Waals surface area contributed by atoms with Crippen molar-refractivity contribution in [1.82, 2.24) is 14.5 Å². The summed E-state index contributed by atoms with van der Waals surface area (Å²) in [6.07, 6.45) is 4.76. The summed E-state index contributed by atoms with van der Waals surface area (Å²) in [6, 6.07) is 8.99. The number of anilines is 1. The summed E-state index contributed by atoms with van der Waals surface area (Å²) in [5, 5.41) is 3.41. The summed E-state index contributed by atoms with van der Waals surface area (Å²) in [5.74, 6) is 1.03. The number of benzene rings is 1. The van der Waals surface area contributed by atoms with E-state index in [0.717, 1.165) is 29.8 Å². The third kappa shape index (κ3) is 1.90. The van der Waals surface area contributed by atoms with E-state index >= 15 is 0 Å². The third-order valence-electron chi connectivity index (χ3n) is 4.08. The number of hydrogen-bond acceptors (Lipinski definition) is 3. The fourth-order valence-corrected chi connectivity index (χ4v) is 3.12. The van der Waals surface area contributed by atoms with Crippen LogP contribution in [0.1, 0.15) is 25.5 Å². The average Bonchev–Trinajstić information content (AvgIpc) is 3.10. The summed E-state index contributed by atoms with van der Waals surface area (Å²) in [5.41, 5.74) is 5.93. The van der Waals surface area contributed by atoms with Crippen LogP contribution in [0.15, 0.2) is 36.7 Å². The van der Waals surface area contributed by atoms with Gasteiger partial charge in [-0.1, -0.05) is 0 Å². The molecule has 3 aromatic rings. The molecule has 4 heteroatoms. The van der Waals surface area contributed by atoms with Crippen molar-refractivity contribution < 1.29 is 0 Å². The van der Waals surface area contributed by atoms with Gasteiger partial charge in [0.1, 0.15) is 11.3 Å². The molecule has 2 aromatic heterocycles. The predicted octanol–water partition coefficient (Wildman–Crippen LogP) is 3.65. The first-order valence-corrected chi connectivity index (χ1v) is 7.43. The van der Waals surface area contributed by atoms with Gasteiger partial charge in [-0.15, -0.1) is 0 Å². The first kappa shape index (κ1) is 12.4. The van der Waals surface area contributed by atoms with Crippen LogP contribution in [0.25, 0.3) is 22.4 Å². The molecule has 4 rings (SSSR count). The highest BCUT2D eigenvalue weighted by Crippen LogP contribution is 2.31. The van der Waals surface area contributed by atoms with Crippen molar-refractivity contribution in [2.24, 2.45) is 0 Å². The molecule has 1 aliphatic rings. The summed E-state index contributed by atoms with van der Waals surface area (Å²) < 4.78 is 2.29. The number of hydrogen-bond donors (Lipinski definition) is 1. The van der Waals surface area contributed by atoms with Crippen LogP contribution in [0.5, 0.6) is 0 Å². The third-order valence-corrected chi connectivity index (χ3v) is 4.08. The van der Waals surface area contributed by atoms with E-state index in [1.165, 1.54) is 16.8 Å². The van der Waals surface area contributed by atoms with Gasteiger partial charge in [0.05, 0.1) is 11.7 Å². The highest BCUT2D eigenvalue weighted by atomic mass is 15.1. The van der Waals surface area contributed by atoms with Crippen molar-refractivity contribution in [3.05, 3.63) is 42.2 Å². The molecule has 1 N–H and O–H groups in total. The fraction of sp³-hybridized carbons (Fsp3) is 0.294. The largest absolute Gasteiger partial charge is 0.384 e. The Hall–Kier alpha value is -2.36. The number of nitrogens with zero attached hydrogens (tertiary/aromatic N) is 3. The van der Waals surface area contributed by atoms with E-state index < -0.39 is 0 Å². The zero-order valence-corrected chi connectivity index (χ0v) is 12.3. The second-order valence-electron chi connectivity index (χ2n) is 5.81. The van der Waals surface area contributed by atoms with Gasteiger partial charge in [-0.05, 0) is 50.1 Å². The number of aromatic nitrogens is 3. The second kappa shape index (κ2) is 4.58. The summed E-state index contributed by atoms with van der Waals surface area (Å²) in [4.78, 5) is 9.00. The molecule has 0 atom stereocenters. The summed E-state index contributed by atoms with van der Waals surface area (Å²) in [7, 11) is 0. The first-order chi connectivity index (χ1) is 10.2. The summed E-state index contributed by atoms with van der Waals surface area (Å²) in [6.45, 7) is 5.42. The molecule has 0 aliphatic carbocycles. The Morgan fingerprint density at radius 2 is 2.14 bits per heavy atom. The molecule has 0 fully saturated rings. The van der Waals surface area contributed by atoms with Gasteiger partial charge in [0.25, 0.3) is 0 Å². The Labute approximate surface area is 123 Å². The van der Waals surface area contributed by atoms with Crippen molar-refractivity contribution in [2.75, 3.05) is 11.9 Å². The molecule has 0 amide bonds. The maximum absolute atomic E-state index is 4.81. The molecular formula is C17H18N4. The van der Waals surface area contributed by atoms with Gasteiger partial charge < -0.3 is 9.88 Å². The Kier molecular flexibility index (Phi) is 2.70. The molecule has 21 heavy (non-hydrogen) atoms. The van der Waals surface area contributed by atoms with Crippen LogP contribution >= 0.6 is 0 Å². The van der Waals surface area contributed by atoms with Crippen molar-refractivity contribution in [3.8, 4) is 11.4 Å². The van der Waals surface area contributed by atoms with Crippen LogP contribution in [0.3, 0.4) is 0 Å². The van der Waals surface area contributed by atoms with E-state index in [9.17, 15) is 0 Å². The quantitative estimate of drug-likeness (QED) is 0.778. The second-order valence-corrected chi connectivity index (χ2v) is 5.81. The molecule has 0 saturated heterocycles. The highest BCUT2D eigenvalue weighted by molar-refractivity contribution is 5.80. The number of imidazole rings is 1. The molecule has 0 saturated carbocycles. The van der Waals surface area contributed by atoms with E-state index in [4.69, 9.17) is 4.98 Å². The monoisotopic (exact) mass is 278 g/mol. The average molecular weight is 278 g/mol. The molecule has 4 nitrogen and oxygen atoms in total. The number of fused-ring (bicyclic) bond motifs is 2. The Morgan fingerprint density at radius 3 is 3.00 bits per heavy atom. The molecule has 0 spiro atoms. The molecular weight excluding hydrogens is 260 g/mol. The van der Waals surface area contributed by atoms with Crippen LogP contribution in [-0.2, 0) is 6.42 Å². The molecule has 0 radical (unpaired) electrons. The van der Waals surface area contributed by atoms with E-state index in [2.05, 4.69) is 46.9 Å². The lowest BCUT2D eigenvalue weighted by atomic mass is 10.1. The van der Waals surface area contributed by atoms with E-state index in [0.29, 0.717) is 6.04 Å². The van der Waals surface area contributed by atoms with Crippen LogP contribution < -0.4 is 5.32 Å². The van der Waals surface area contributed by atoms with Gasteiger partial charge in [-0.2, -0.15) is 0 Å². The maximum Gasteiger partial charge on any atom is 0.141 e. The van der Waals surface area contributed by atoms with E-state index in [1.54, 1.807) is 0 Å². The smallest absolute Gasteiger partial charge is 0.141 e. The lowest BCUT2D eigenvalue weighted by molar-refractivity contribution is 0.624. The SMILES string of the molecule is CC(C)n1c(-c2ccc3c(c2)CCN3)nc2cnccc21. The molecule has 1 aromatic carbocycles. The van der Waals surface area contributed by atoms with Crippen LogP contribution in [-0.4, -0.2) is 21.1 Å². The zero-order chi connectivity index (χ0) is 14.4. The van der Waals surface area contributed by atoms with Crippen molar-refractivity contribution >= 4 is 16.7 Å². The topological polar surface area (TPSA) is 42.7 Å². The van der Waals surface area contributed by atoms with Crippen LogP contribution in [0.2, 0.25) is 0 Å². The van der Waals surface area contributed by atoms with Crippen molar-refractivity contribution in [2.45, 2.75) is 26.3 Å². The van der Waals surface area contributed by atoms with Crippen molar-refractivity contribution in [3.63, 3.8) is 0 Å². The predicted molar refractivity (Wildman–Crippen MR) is 85.5 cm³/mol. The normalized spacial score (nSPS) is 13.7. The molecule has 3 heterocycles.